The van der Waals surface area contributed by atoms with Gasteiger partial charge in [-0.3, -0.25) is 4.79 Å². The first-order chi connectivity index (χ1) is 6.88. The highest BCUT2D eigenvalue weighted by molar-refractivity contribution is 5.99. The number of nitrogens with zero attached hydrogens (tertiary/aromatic N) is 1. The molecule has 15 heavy (non-hydrogen) atoms. The number of methoxy groups -OCH3 is 1. The summed E-state index contributed by atoms with van der Waals surface area (Å²) < 4.78 is 42.4. The van der Waals surface area contributed by atoms with Crippen LogP contribution in [0, 0.1) is 0 Å². The molecule has 0 saturated carbocycles. The second kappa shape index (κ2) is 4.06. The number of aromatic nitrogens is 1. The van der Waals surface area contributed by atoms with Crippen molar-refractivity contribution in [2.75, 3.05) is 7.11 Å². The molecule has 0 fully saturated rings. The fourth-order valence-electron chi connectivity index (χ4n) is 1.16. The molecule has 1 aromatic heterocycles. The number of alkyl halides is 3. The van der Waals surface area contributed by atoms with Gasteiger partial charge >= 0.3 is 6.18 Å². The third-order valence-corrected chi connectivity index (χ3v) is 2.00. The van der Waals surface area contributed by atoms with Crippen LogP contribution in [0.25, 0.3) is 0 Å². The van der Waals surface area contributed by atoms with Gasteiger partial charge in [-0.1, -0.05) is 0 Å². The number of ketones is 1. The van der Waals surface area contributed by atoms with Crippen LogP contribution in [0.15, 0.2) is 18.3 Å². The van der Waals surface area contributed by atoms with Gasteiger partial charge in [0.05, 0.1) is 5.69 Å². The molecule has 1 aromatic rings. The summed E-state index contributed by atoms with van der Waals surface area (Å²) in [7, 11) is 1.35. The third kappa shape index (κ3) is 2.38. The summed E-state index contributed by atoms with van der Waals surface area (Å²) in [6.07, 6.45) is -4.10. The topological polar surface area (TPSA) is 31.2 Å². The van der Waals surface area contributed by atoms with E-state index in [1.807, 2.05) is 0 Å². The Bertz CT molecular complexity index is 356. The Morgan fingerprint density at radius 3 is 2.60 bits per heavy atom. The first kappa shape index (κ1) is 11.8. The zero-order chi connectivity index (χ0) is 11.6. The van der Waals surface area contributed by atoms with Gasteiger partial charge in [0.25, 0.3) is 5.78 Å². The molecule has 0 spiro atoms. The van der Waals surface area contributed by atoms with Crippen molar-refractivity contribution >= 4 is 5.78 Å². The van der Waals surface area contributed by atoms with Crippen molar-refractivity contribution in [3.8, 4) is 0 Å². The van der Waals surface area contributed by atoms with Crippen LogP contribution in [0.3, 0.4) is 0 Å². The smallest absolute Gasteiger partial charge is 0.362 e. The Labute approximate surface area is 84.4 Å². The van der Waals surface area contributed by atoms with E-state index in [-0.39, 0.29) is 0 Å². The molecule has 0 bridgehead atoms. The Kier molecular flexibility index (Phi) is 3.18. The lowest BCUT2D eigenvalue weighted by atomic mass is 10.3. The minimum absolute atomic E-state index is 0.420. The SMILES string of the molecule is COC(C)n1cccc1C(=O)C(F)(F)F. The van der Waals surface area contributed by atoms with Gasteiger partial charge in [0.1, 0.15) is 6.23 Å². The number of hydrogen-bond donors (Lipinski definition) is 0. The van der Waals surface area contributed by atoms with Crippen LogP contribution >= 0.6 is 0 Å². The van der Waals surface area contributed by atoms with Gasteiger partial charge in [-0.15, -0.1) is 0 Å². The number of rotatable bonds is 3. The third-order valence-electron chi connectivity index (χ3n) is 2.00. The van der Waals surface area contributed by atoms with E-state index in [1.54, 1.807) is 6.92 Å². The van der Waals surface area contributed by atoms with Crippen LogP contribution in [-0.4, -0.2) is 23.6 Å². The molecule has 0 aliphatic rings. The van der Waals surface area contributed by atoms with Crippen molar-refractivity contribution in [2.24, 2.45) is 0 Å². The van der Waals surface area contributed by atoms with Gasteiger partial charge < -0.3 is 9.30 Å². The van der Waals surface area contributed by atoms with Crippen LogP contribution in [0.2, 0.25) is 0 Å². The molecule has 6 heteroatoms. The first-order valence-corrected chi connectivity index (χ1v) is 4.19. The molecule has 0 aromatic carbocycles. The summed E-state index contributed by atoms with van der Waals surface area (Å²) in [4.78, 5) is 11.0. The standard InChI is InChI=1S/C9H10F3NO2/c1-6(15-2)13-5-3-4-7(13)8(14)9(10,11)12/h3-6H,1-2H3. The normalized spacial score (nSPS) is 13.9. The molecular weight excluding hydrogens is 211 g/mol. The highest BCUT2D eigenvalue weighted by Gasteiger charge is 2.41. The molecule has 1 unspecified atom stereocenters. The van der Waals surface area contributed by atoms with E-state index < -0.39 is 23.9 Å². The zero-order valence-electron chi connectivity index (χ0n) is 8.21. The molecule has 0 N–H and O–H groups in total. The van der Waals surface area contributed by atoms with Gasteiger partial charge in [-0.2, -0.15) is 13.2 Å². The zero-order valence-corrected chi connectivity index (χ0v) is 8.21. The highest BCUT2D eigenvalue weighted by Crippen LogP contribution is 2.23. The van der Waals surface area contributed by atoms with Crippen LogP contribution in [-0.2, 0) is 4.74 Å². The van der Waals surface area contributed by atoms with Gasteiger partial charge in [0, 0.05) is 13.3 Å². The lowest BCUT2D eigenvalue weighted by molar-refractivity contribution is -0.0895. The van der Waals surface area contributed by atoms with Crippen LogP contribution in [0.4, 0.5) is 13.2 Å². The minimum atomic E-state index is -4.86. The Hall–Kier alpha value is -1.30. The highest BCUT2D eigenvalue weighted by atomic mass is 19.4. The van der Waals surface area contributed by atoms with Gasteiger partial charge in [-0.05, 0) is 19.1 Å². The summed E-state index contributed by atoms with van der Waals surface area (Å²) in [5.41, 5.74) is -0.420. The Morgan fingerprint density at radius 1 is 1.53 bits per heavy atom. The Balaban J connectivity index is 3.06. The van der Waals surface area contributed by atoms with Crippen LogP contribution < -0.4 is 0 Å². The van der Waals surface area contributed by atoms with Crippen molar-refractivity contribution < 1.29 is 22.7 Å². The van der Waals surface area contributed by atoms with E-state index in [1.165, 1.54) is 19.4 Å². The van der Waals surface area contributed by atoms with Crippen LogP contribution in [0.1, 0.15) is 23.6 Å². The molecule has 1 heterocycles. The number of ether oxygens (including phenoxy) is 1. The van der Waals surface area contributed by atoms with Crippen LogP contribution in [0.5, 0.6) is 0 Å². The minimum Gasteiger partial charge on any atom is -0.362 e. The van der Waals surface area contributed by atoms with Gasteiger partial charge in [0.2, 0.25) is 0 Å². The summed E-state index contributed by atoms with van der Waals surface area (Å²) >= 11 is 0. The van der Waals surface area contributed by atoms with E-state index in [0.29, 0.717) is 0 Å². The maximum atomic E-state index is 12.2. The molecule has 84 valence electrons. The lowest BCUT2D eigenvalue weighted by Gasteiger charge is -2.15. The quantitative estimate of drug-likeness (QED) is 0.734. The van der Waals surface area contributed by atoms with Gasteiger partial charge in [-0.25, -0.2) is 0 Å². The summed E-state index contributed by atoms with van der Waals surface area (Å²) in [5, 5.41) is 0. The average Bonchev–Trinajstić information content (AvgIpc) is 2.62. The largest absolute Gasteiger partial charge is 0.456 e. The molecule has 0 aliphatic heterocycles. The maximum absolute atomic E-state index is 12.2. The van der Waals surface area contributed by atoms with E-state index in [9.17, 15) is 18.0 Å². The predicted molar refractivity (Wildman–Crippen MR) is 46.5 cm³/mol. The van der Waals surface area contributed by atoms with Crippen molar-refractivity contribution in [3.63, 3.8) is 0 Å². The number of carbonyl (C=O) groups excluding carboxylic acids is 1. The fraction of sp³-hybridized carbons (Fsp3) is 0.444. The monoisotopic (exact) mass is 221 g/mol. The van der Waals surface area contributed by atoms with E-state index in [4.69, 9.17) is 4.74 Å². The number of carbonyl (C=O) groups is 1. The molecule has 0 saturated heterocycles. The summed E-state index contributed by atoms with van der Waals surface area (Å²) in [6.45, 7) is 1.55. The predicted octanol–water partition coefficient (Wildman–Crippen LogP) is 2.40. The van der Waals surface area contributed by atoms with E-state index in [2.05, 4.69) is 0 Å². The number of halogens is 3. The summed E-state index contributed by atoms with van der Waals surface area (Å²) in [6, 6.07) is 2.49. The average molecular weight is 221 g/mol. The molecule has 0 amide bonds. The van der Waals surface area contributed by atoms with Crippen molar-refractivity contribution in [1.29, 1.82) is 0 Å². The van der Waals surface area contributed by atoms with Crippen molar-refractivity contribution in [2.45, 2.75) is 19.3 Å². The molecule has 3 nitrogen and oxygen atoms in total. The fourth-order valence-corrected chi connectivity index (χ4v) is 1.16. The number of hydrogen-bond acceptors (Lipinski definition) is 2. The van der Waals surface area contributed by atoms with E-state index in [0.717, 1.165) is 10.6 Å². The number of Topliss-reactive ketones (excluding diaryl/α,β-unsaturated/α-hetero) is 1. The molecular formula is C9H10F3NO2. The molecule has 1 rings (SSSR count). The molecule has 0 aliphatic carbocycles. The summed E-state index contributed by atoms with van der Waals surface area (Å²) in [5.74, 6) is -1.86. The molecule has 1 atom stereocenters. The first-order valence-electron chi connectivity index (χ1n) is 4.19. The maximum Gasteiger partial charge on any atom is 0.456 e. The lowest BCUT2D eigenvalue weighted by Crippen LogP contribution is -2.26. The second-order valence-electron chi connectivity index (χ2n) is 2.96. The second-order valence-corrected chi connectivity index (χ2v) is 2.96. The van der Waals surface area contributed by atoms with Gasteiger partial charge in [0.15, 0.2) is 0 Å². The Morgan fingerprint density at radius 2 is 2.13 bits per heavy atom. The van der Waals surface area contributed by atoms with Crippen molar-refractivity contribution in [3.05, 3.63) is 24.0 Å². The van der Waals surface area contributed by atoms with Crippen molar-refractivity contribution in [1.82, 2.24) is 4.57 Å². The molecule has 0 radical (unpaired) electrons. The van der Waals surface area contributed by atoms with E-state index >= 15 is 0 Å².